The normalized spacial score (nSPS) is 23.0. The Hall–Kier alpha value is -1.14. The van der Waals surface area contributed by atoms with Crippen LogP contribution in [0.3, 0.4) is 0 Å². The van der Waals surface area contributed by atoms with Gasteiger partial charge in [-0.1, -0.05) is 13.3 Å². The summed E-state index contributed by atoms with van der Waals surface area (Å²) in [5.74, 6) is -0.542. The lowest BCUT2D eigenvalue weighted by Gasteiger charge is -2.39. The highest BCUT2D eigenvalue weighted by molar-refractivity contribution is 5.78. The van der Waals surface area contributed by atoms with Crippen molar-refractivity contribution in [2.45, 2.75) is 32.6 Å². The summed E-state index contributed by atoms with van der Waals surface area (Å²) in [6.07, 6.45) is 2.91. The number of aliphatic carboxylic acids is 1. The van der Waals surface area contributed by atoms with Crippen LogP contribution in [0.5, 0.6) is 0 Å². The monoisotopic (exact) mass is 298 g/mol. The first-order chi connectivity index (χ1) is 10.1. The Labute approximate surface area is 126 Å². The zero-order valence-electron chi connectivity index (χ0n) is 12.8. The van der Waals surface area contributed by atoms with E-state index in [4.69, 9.17) is 4.74 Å². The molecule has 1 amide bonds. The summed E-state index contributed by atoms with van der Waals surface area (Å²) in [6.45, 7) is 6.39. The molecule has 0 bridgehead atoms. The van der Waals surface area contributed by atoms with Gasteiger partial charge in [-0.05, 0) is 32.4 Å². The Balaban J connectivity index is 1.83. The number of carboxylic acids is 1. The molecule has 6 heteroatoms. The van der Waals surface area contributed by atoms with Crippen LogP contribution in [0.2, 0.25) is 0 Å². The van der Waals surface area contributed by atoms with E-state index in [1.165, 1.54) is 0 Å². The van der Waals surface area contributed by atoms with Gasteiger partial charge in [0.15, 0.2) is 0 Å². The Morgan fingerprint density at radius 2 is 1.76 bits per heavy atom. The van der Waals surface area contributed by atoms with E-state index in [2.05, 4.69) is 4.90 Å². The highest BCUT2D eigenvalue weighted by Gasteiger charge is 2.40. The Morgan fingerprint density at radius 3 is 2.29 bits per heavy atom. The number of nitrogens with zero attached hydrogens (tertiary/aromatic N) is 2. The van der Waals surface area contributed by atoms with Crippen molar-refractivity contribution < 1.29 is 19.4 Å². The van der Waals surface area contributed by atoms with E-state index in [1.54, 1.807) is 0 Å². The number of hydrogen-bond acceptors (Lipinski definition) is 4. The predicted molar refractivity (Wildman–Crippen MR) is 78.0 cm³/mol. The van der Waals surface area contributed by atoms with Crippen molar-refractivity contribution in [3.05, 3.63) is 0 Å². The second-order valence-corrected chi connectivity index (χ2v) is 6.10. The minimum Gasteiger partial charge on any atom is -0.481 e. The molecule has 0 aromatic carbocycles. The minimum absolute atomic E-state index is 0.136. The van der Waals surface area contributed by atoms with Crippen LogP contribution < -0.4 is 0 Å². The van der Waals surface area contributed by atoms with Crippen LogP contribution >= 0.6 is 0 Å². The summed E-state index contributed by atoms with van der Waals surface area (Å²) in [4.78, 5) is 27.7. The molecule has 0 saturated carbocycles. The molecule has 0 aromatic heterocycles. The lowest BCUT2D eigenvalue weighted by atomic mass is 9.75. The molecule has 2 rings (SSSR count). The molecule has 1 N–H and O–H groups in total. The number of likely N-dealkylation sites (tertiary alicyclic amines) is 1. The van der Waals surface area contributed by atoms with Crippen LogP contribution in [0.25, 0.3) is 0 Å². The molecule has 0 aromatic rings. The summed E-state index contributed by atoms with van der Waals surface area (Å²) in [5, 5.41) is 9.48. The number of carbonyl (C=O) groups excluding carboxylic acids is 1. The van der Waals surface area contributed by atoms with E-state index in [9.17, 15) is 14.7 Å². The maximum Gasteiger partial charge on any atom is 0.309 e. The third kappa shape index (κ3) is 3.95. The fourth-order valence-electron chi connectivity index (χ4n) is 3.29. The van der Waals surface area contributed by atoms with E-state index in [0.717, 1.165) is 12.8 Å². The van der Waals surface area contributed by atoms with E-state index < -0.39 is 11.4 Å². The summed E-state index contributed by atoms with van der Waals surface area (Å²) in [7, 11) is 0. The maximum absolute atomic E-state index is 12.2. The van der Waals surface area contributed by atoms with Gasteiger partial charge < -0.3 is 14.7 Å². The first kappa shape index (κ1) is 16.2. The van der Waals surface area contributed by atoms with Gasteiger partial charge in [0.25, 0.3) is 0 Å². The van der Waals surface area contributed by atoms with Crippen LogP contribution in [-0.2, 0) is 14.3 Å². The Kier molecular flexibility index (Phi) is 5.58. The van der Waals surface area contributed by atoms with Gasteiger partial charge in [-0.15, -0.1) is 0 Å². The van der Waals surface area contributed by atoms with Crippen molar-refractivity contribution in [1.82, 2.24) is 9.80 Å². The summed E-state index contributed by atoms with van der Waals surface area (Å²) in [6, 6.07) is 0. The van der Waals surface area contributed by atoms with Crippen LogP contribution in [0, 0.1) is 5.41 Å². The lowest BCUT2D eigenvalue weighted by Crippen LogP contribution is -2.50. The summed E-state index contributed by atoms with van der Waals surface area (Å²) >= 11 is 0. The number of carboxylic acid groups (broad SMARTS) is 1. The third-order valence-corrected chi connectivity index (χ3v) is 4.72. The standard InChI is InChI=1S/C15H26N2O4/c1-2-3-15(14(19)20)4-6-16(7-5-15)12-13(18)17-8-10-21-11-9-17/h2-12H2,1H3,(H,19,20). The van der Waals surface area contributed by atoms with Crippen LogP contribution in [0.15, 0.2) is 0 Å². The number of hydrogen-bond donors (Lipinski definition) is 1. The largest absolute Gasteiger partial charge is 0.481 e. The Morgan fingerprint density at radius 1 is 1.14 bits per heavy atom. The van der Waals surface area contributed by atoms with E-state index in [-0.39, 0.29) is 5.91 Å². The van der Waals surface area contributed by atoms with Crippen molar-refractivity contribution in [3.63, 3.8) is 0 Å². The molecule has 2 heterocycles. The molecule has 120 valence electrons. The molecule has 0 spiro atoms. The lowest BCUT2D eigenvalue weighted by molar-refractivity contribution is -0.153. The fourth-order valence-corrected chi connectivity index (χ4v) is 3.29. The second-order valence-electron chi connectivity index (χ2n) is 6.10. The molecular weight excluding hydrogens is 272 g/mol. The second kappa shape index (κ2) is 7.22. The molecule has 0 unspecified atom stereocenters. The number of ether oxygens (including phenoxy) is 1. The van der Waals surface area contributed by atoms with Gasteiger partial charge in [0.05, 0.1) is 25.2 Å². The van der Waals surface area contributed by atoms with Crippen LogP contribution in [-0.4, -0.2) is 72.7 Å². The fraction of sp³-hybridized carbons (Fsp3) is 0.867. The SMILES string of the molecule is CCCC1(C(=O)O)CCN(CC(=O)N2CCOCC2)CC1. The first-order valence-corrected chi connectivity index (χ1v) is 7.89. The van der Waals surface area contributed by atoms with Gasteiger partial charge in [-0.2, -0.15) is 0 Å². The van der Waals surface area contributed by atoms with Crippen LogP contribution in [0.4, 0.5) is 0 Å². The average molecular weight is 298 g/mol. The van der Waals surface area contributed by atoms with E-state index in [1.807, 2.05) is 11.8 Å². The Bertz CT molecular complexity index is 372. The molecule has 0 aliphatic carbocycles. The molecule has 21 heavy (non-hydrogen) atoms. The average Bonchev–Trinajstić information content (AvgIpc) is 2.50. The number of morpholine rings is 1. The number of carbonyl (C=O) groups is 2. The van der Waals surface area contributed by atoms with E-state index >= 15 is 0 Å². The van der Waals surface area contributed by atoms with Gasteiger partial charge in [0.1, 0.15) is 0 Å². The highest BCUT2D eigenvalue weighted by atomic mass is 16.5. The number of amides is 1. The van der Waals surface area contributed by atoms with Crippen molar-refractivity contribution in [2.24, 2.45) is 5.41 Å². The minimum atomic E-state index is -0.677. The van der Waals surface area contributed by atoms with Gasteiger partial charge >= 0.3 is 5.97 Å². The van der Waals surface area contributed by atoms with Crippen molar-refractivity contribution >= 4 is 11.9 Å². The summed E-state index contributed by atoms with van der Waals surface area (Å²) in [5.41, 5.74) is -0.576. The van der Waals surface area contributed by atoms with Gasteiger partial charge in [0, 0.05) is 13.1 Å². The van der Waals surface area contributed by atoms with Gasteiger partial charge in [0.2, 0.25) is 5.91 Å². The maximum atomic E-state index is 12.2. The topological polar surface area (TPSA) is 70.1 Å². The highest BCUT2D eigenvalue weighted by Crippen LogP contribution is 2.36. The predicted octanol–water partition coefficient (Wildman–Crippen LogP) is 0.812. The molecule has 2 aliphatic heterocycles. The zero-order chi connectivity index (χ0) is 15.3. The molecule has 2 fully saturated rings. The van der Waals surface area contributed by atoms with Crippen molar-refractivity contribution in [3.8, 4) is 0 Å². The van der Waals surface area contributed by atoms with Gasteiger partial charge in [-0.3, -0.25) is 14.5 Å². The smallest absolute Gasteiger partial charge is 0.309 e. The number of rotatable bonds is 5. The molecular formula is C15H26N2O4. The third-order valence-electron chi connectivity index (χ3n) is 4.72. The quantitative estimate of drug-likeness (QED) is 0.813. The van der Waals surface area contributed by atoms with Crippen molar-refractivity contribution in [1.29, 1.82) is 0 Å². The van der Waals surface area contributed by atoms with Gasteiger partial charge in [-0.25, -0.2) is 0 Å². The van der Waals surface area contributed by atoms with Crippen molar-refractivity contribution in [2.75, 3.05) is 45.9 Å². The zero-order valence-corrected chi connectivity index (χ0v) is 12.8. The molecule has 2 aliphatic rings. The van der Waals surface area contributed by atoms with Crippen LogP contribution in [0.1, 0.15) is 32.6 Å². The number of piperidine rings is 1. The molecule has 2 saturated heterocycles. The molecule has 0 radical (unpaired) electrons. The molecule has 6 nitrogen and oxygen atoms in total. The van der Waals surface area contributed by atoms with E-state index in [0.29, 0.717) is 58.8 Å². The molecule has 0 atom stereocenters. The summed E-state index contributed by atoms with van der Waals surface area (Å²) < 4.78 is 5.25. The first-order valence-electron chi connectivity index (χ1n) is 7.89.